The van der Waals surface area contributed by atoms with Gasteiger partial charge in [-0.3, -0.25) is 4.79 Å². The van der Waals surface area contributed by atoms with Crippen molar-refractivity contribution in [2.45, 2.75) is 39.2 Å². The van der Waals surface area contributed by atoms with E-state index in [0.29, 0.717) is 19.6 Å². The van der Waals surface area contributed by atoms with E-state index in [0.717, 1.165) is 46.8 Å². The molecular weight excluding hydrogens is 429 g/mol. The maximum absolute atomic E-state index is 13.4. The van der Waals surface area contributed by atoms with E-state index >= 15 is 0 Å². The van der Waals surface area contributed by atoms with Crippen LogP contribution < -0.4 is 9.64 Å². The summed E-state index contributed by atoms with van der Waals surface area (Å²) in [5.74, 6) is 1.54. The van der Waals surface area contributed by atoms with Gasteiger partial charge >= 0.3 is 0 Å². The van der Waals surface area contributed by atoms with E-state index in [1.54, 1.807) is 17.0 Å². The summed E-state index contributed by atoms with van der Waals surface area (Å²) in [5, 5.41) is 0. The summed E-state index contributed by atoms with van der Waals surface area (Å²) < 4.78 is 21.6. The molecule has 1 saturated heterocycles. The second-order valence-corrected chi connectivity index (χ2v) is 8.96. The zero-order chi connectivity index (χ0) is 23.7. The van der Waals surface area contributed by atoms with Crippen LogP contribution in [0, 0.1) is 19.7 Å². The Morgan fingerprint density at radius 2 is 1.85 bits per heavy atom. The van der Waals surface area contributed by atoms with Crippen molar-refractivity contribution >= 4 is 22.6 Å². The Bertz CT molecular complexity index is 1330. The van der Waals surface area contributed by atoms with Crippen LogP contribution in [-0.2, 0) is 11.3 Å². The van der Waals surface area contributed by atoms with Crippen LogP contribution in [0.15, 0.2) is 66.7 Å². The van der Waals surface area contributed by atoms with E-state index < -0.39 is 0 Å². The maximum Gasteiger partial charge on any atom is 0.227 e. The second kappa shape index (κ2) is 9.29. The quantitative estimate of drug-likeness (QED) is 0.331. The number of hydrogen-bond donors (Lipinski definition) is 0. The molecule has 1 atom stereocenters. The first kappa shape index (κ1) is 22.1. The molecule has 1 aliphatic heterocycles. The number of aromatic nitrogens is 2. The van der Waals surface area contributed by atoms with Crippen molar-refractivity contribution in [3.63, 3.8) is 0 Å². The number of para-hydroxylation sites is 2. The second-order valence-electron chi connectivity index (χ2n) is 8.96. The summed E-state index contributed by atoms with van der Waals surface area (Å²) in [7, 11) is 0. The smallest absolute Gasteiger partial charge is 0.227 e. The van der Waals surface area contributed by atoms with Crippen molar-refractivity contribution in [2.75, 3.05) is 18.1 Å². The molecule has 2 heterocycles. The van der Waals surface area contributed by atoms with E-state index in [1.807, 2.05) is 24.3 Å². The SMILES string of the molecule is Cc1ccc(OCCCn2c([C@H]3CC(=O)N(c4ccc(F)cc4)C3)nc3ccccc32)c(C)c1. The number of amides is 1. The van der Waals surface area contributed by atoms with Crippen LogP contribution in [0.25, 0.3) is 11.0 Å². The van der Waals surface area contributed by atoms with E-state index in [9.17, 15) is 9.18 Å². The highest BCUT2D eigenvalue weighted by Crippen LogP contribution is 2.33. The Balaban J connectivity index is 1.34. The number of fused-ring (bicyclic) bond motifs is 1. The molecule has 1 aliphatic rings. The Labute approximate surface area is 198 Å². The lowest BCUT2D eigenvalue weighted by molar-refractivity contribution is -0.117. The van der Waals surface area contributed by atoms with Gasteiger partial charge in [-0.05, 0) is 68.3 Å². The number of ether oxygens (including phenoxy) is 1. The highest BCUT2D eigenvalue weighted by molar-refractivity contribution is 5.96. The van der Waals surface area contributed by atoms with Gasteiger partial charge in [-0.15, -0.1) is 0 Å². The molecule has 3 aromatic carbocycles. The molecule has 1 aromatic heterocycles. The van der Waals surface area contributed by atoms with Gasteiger partial charge in [-0.2, -0.15) is 0 Å². The summed E-state index contributed by atoms with van der Waals surface area (Å²) >= 11 is 0. The number of carbonyl (C=O) groups excluding carboxylic acids is 1. The number of benzene rings is 3. The van der Waals surface area contributed by atoms with Gasteiger partial charge < -0.3 is 14.2 Å². The van der Waals surface area contributed by atoms with Gasteiger partial charge in [-0.1, -0.05) is 29.8 Å². The zero-order valence-corrected chi connectivity index (χ0v) is 19.5. The lowest BCUT2D eigenvalue weighted by atomic mass is 10.1. The zero-order valence-electron chi connectivity index (χ0n) is 19.5. The van der Waals surface area contributed by atoms with E-state index in [-0.39, 0.29) is 17.6 Å². The van der Waals surface area contributed by atoms with Gasteiger partial charge in [0.15, 0.2) is 0 Å². The molecule has 0 radical (unpaired) electrons. The predicted molar refractivity (Wildman–Crippen MR) is 132 cm³/mol. The number of imidazole rings is 1. The molecule has 0 unspecified atom stereocenters. The van der Waals surface area contributed by atoms with E-state index in [2.05, 4.69) is 36.6 Å². The van der Waals surface area contributed by atoms with Crippen molar-refractivity contribution < 1.29 is 13.9 Å². The molecular formula is C28H28FN3O2. The Kier molecular flexibility index (Phi) is 6.05. The molecule has 5 rings (SSSR count). The first-order valence-corrected chi connectivity index (χ1v) is 11.7. The van der Waals surface area contributed by atoms with Crippen molar-refractivity contribution in [3.8, 4) is 5.75 Å². The number of halogens is 1. The van der Waals surface area contributed by atoms with Crippen LogP contribution in [0.3, 0.4) is 0 Å². The topological polar surface area (TPSA) is 47.4 Å². The molecule has 1 fully saturated rings. The normalized spacial score (nSPS) is 15.9. The fraction of sp³-hybridized carbons (Fsp3) is 0.286. The Morgan fingerprint density at radius 1 is 1.06 bits per heavy atom. The fourth-order valence-corrected chi connectivity index (χ4v) is 4.76. The molecule has 174 valence electrons. The lowest BCUT2D eigenvalue weighted by Gasteiger charge is -2.17. The van der Waals surface area contributed by atoms with Crippen LogP contribution in [-0.4, -0.2) is 28.6 Å². The first-order valence-electron chi connectivity index (χ1n) is 11.7. The third kappa shape index (κ3) is 4.40. The minimum Gasteiger partial charge on any atom is -0.493 e. The Hall–Kier alpha value is -3.67. The predicted octanol–water partition coefficient (Wildman–Crippen LogP) is 5.78. The summed E-state index contributed by atoms with van der Waals surface area (Å²) in [4.78, 5) is 19.5. The molecule has 0 saturated carbocycles. The lowest BCUT2D eigenvalue weighted by Crippen LogP contribution is -2.24. The average Bonchev–Trinajstić information content (AvgIpc) is 3.39. The summed E-state index contributed by atoms with van der Waals surface area (Å²) in [5.41, 5.74) is 5.08. The largest absolute Gasteiger partial charge is 0.493 e. The number of nitrogens with zero attached hydrogens (tertiary/aromatic N) is 3. The van der Waals surface area contributed by atoms with Gasteiger partial charge in [0.2, 0.25) is 5.91 Å². The number of anilines is 1. The maximum atomic E-state index is 13.4. The first-order chi connectivity index (χ1) is 16.5. The van der Waals surface area contributed by atoms with Crippen LogP contribution in [0.2, 0.25) is 0 Å². The molecule has 6 heteroatoms. The number of carbonyl (C=O) groups is 1. The van der Waals surface area contributed by atoms with Gasteiger partial charge in [0, 0.05) is 31.1 Å². The molecule has 0 N–H and O–H groups in total. The fourth-order valence-electron chi connectivity index (χ4n) is 4.76. The van der Waals surface area contributed by atoms with Gasteiger partial charge in [0.25, 0.3) is 0 Å². The number of rotatable bonds is 7. The molecule has 0 bridgehead atoms. The minimum absolute atomic E-state index is 0.0229. The molecule has 4 aromatic rings. The third-order valence-corrected chi connectivity index (χ3v) is 6.43. The van der Waals surface area contributed by atoms with E-state index in [4.69, 9.17) is 9.72 Å². The minimum atomic E-state index is -0.309. The molecule has 0 aliphatic carbocycles. The highest BCUT2D eigenvalue weighted by Gasteiger charge is 2.34. The monoisotopic (exact) mass is 457 g/mol. The Morgan fingerprint density at radius 3 is 2.65 bits per heavy atom. The third-order valence-electron chi connectivity index (χ3n) is 6.43. The summed E-state index contributed by atoms with van der Waals surface area (Å²) in [6.07, 6.45) is 1.21. The summed E-state index contributed by atoms with van der Waals surface area (Å²) in [6, 6.07) is 20.4. The van der Waals surface area contributed by atoms with Crippen LogP contribution in [0.1, 0.15) is 35.7 Å². The van der Waals surface area contributed by atoms with Crippen molar-refractivity contribution in [3.05, 3.63) is 89.5 Å². The van der Waals surface area contributed by atoms with Crippen LogP contribution >= 0.6 is 0 Å². The molecule has 5 nitrogen and oxygen atoms in total. The van der Waals surface area contributed by atoms with Crippen molar-refractivity contribution in [1.82, 2.24) is 9.55 Å². The number of aryl methyl sites for hydroxylation is 3. The van der Waals surface area contributed by atoms with Gasteiger partial charge in [0.1, 0.15) is 17.4 Å². The average molecular weight is 458 g/mol. The number of hydrogen-bond acceptors (Lipinski definition) is 3. The molecule has 34 heavy (non-hydrogen) atoms. The standard InChI is InChI=1S/C28H28FN3O2/c1-19-8-13-26(20(2)16-19)34-15-5-14-31-25-7-4-3-6-24(25)30-28(31)21-17-27(33)32(18-21)23-11-9-22(29)10-12-23/h3-4,6-13,16,21H,5,14-15,17-18H2,1-2H3/t21-/m0/s1. The molecule has 1 amide bonds. The molecule has 0 spiro atoms. The van der Waals surface area contributed by atoms with Gasteiger partial charge in [-0.25, -0.2) is 9.37 Å². The summed E-state index contributed by atoms with van der Waals surface area (Å²) in [6.45, 7) is 6.03. The van der Waals surface area contributed by atoms with E-state index in [1.165, 1.54) is 17.7 Å². The van der Waals surface area contributed by atoms with Gasteiger partial charge in [0.05, 0.1) is 17.6 Å². The highest BCUT2D eigenvalue weighted by atomic mass is 19.1. The van der Waals surface area contributed by atoms with Crippen molar-refractivity contribution in [1.29, 1.82) is 0 Å². The van der Waals surface area contributed by atoms with Crippen molar-refractivity contribution in [2.24, 2.45) is 0 Å². The van der Waals surface area contributed by atoms with Crippen LogP contribution in [0.4, 0.5) is 10.1 Å². The van der Waals surface area contributed by atoms with Crippen LogP contribution in [0.5, 0.6) is 5.75 Å².